The Balaban J connectivity index is 1.18. The number of carbonyl (C=O) groups excluding carboxylic acids is 1. The van der Waals surface area contributed by atoms with E-state index in [1.54, 1.807) is 0 Å². The van der Waals surface area contributed by atoms with Crippen LogP contribution in [0.1, 0.15) is 37.9 Å². The second-order valence-corrected chi connectivity index (χ2v) is 7.66. The number of aromatic amines is 1. The first kappa shape index (κ1) is 18.4. The third-order valence-electron chi connectivity index (χ3n) is 5.73. The van der Waals surface area contributed by atoms with Crippen LogP contribution < -0.4 is 0 Å². The molecule has 2 aromatic rings. The zero-order chi connectivity index (χ0) is 18.5. The summed E-state index contributed by atoms with van der Waals surface area (Å²) in [5, 5.41) is 0. The molecule has 3 heterocycles. The van der Waals surface area contributed by atoms with Crippen LogP contribution in [0.15, 0.2) is 24.3 Å². The summed E-state index contributed by atoms with van der Waals surface area (Å²) < 4.78 is 11.2. The Kier molecular flexibility index (Phi) is 6.04. The van der Waals surface area contributed by atoms with Crippen molar-refractivity contribution in [3.8, 4) is 0 Å². The molecule has 1 aromatic heterocycles. The first-order valence-corrected chi connectivity index (χ1v) is 10.2. The Morgan fingerprint density at radius 2 is 1.96 bits per heavy atom. The Morgan fingerprint density at radius 3 is 2.74 bits per heavy atom. The highest BCUT2D eigenvalue weighted by molar-refractivity contribution is 5.76. The van der Waals surface area contributed by atoms with Crippen LogP contribution in [0.4, 0.5) is 0 Å². The molecule has 1 N–H and O–H groups in total. The first-order chi connectivity index (χ1) is 13.3. The number of nitrogens with zero attached hydrogens (tertiary/aromatic N) is 2. The summed E-state index contributed by atoms with van der Waals surface area (Å²) in [5.74, 6) is 1.88. The minimum Gasteiger partial charge on any atom is -0.381 e. The number of hydrogen-bond acceptors (Lipinski definition) is 4. The number of carbonyl (C=O) groups is 1. The third-order valence-corrected chi connectivity index (χ3v) is 5.73. The van der Waals surface area contributed by atoms with Gasteiger partial charge < -0.3 is 19.4 Å². The van der Waals surface area contributed by atoms with E-state index in [2.05, 4.69) is 16.0 Å². The van der Waals surface area contributed by atoms with Crippen LogP contribution in [0.25, 0.3) is 11.0 Å². The van der Waals surface area contributed by atoms with Gasteiger partial charge in [0, 0.05) is 32.7 Å². The van der Waals surface area contributed by atoms with Gasteiger partial charge in [-0.05, 0) is 43.7 Å². The van der Waals surface area contributed by atoms with Crippen molar-refractivity contribution in [3.63, 3.8) is 0 Å². The topological polar surface area (TPSA) is 67.5 Å². The van der Waals surface area contributed by atoms with Gasteiger partial charge in [0.25, 0.3) is 0 Å². The lowest BCUT2D eigenvalue weighted by Gasteiger charge is -2.32. The fourth-order valence-corrected chi connectivity index (χ4v) is 4.08. The Morgan fingerprint density at radius 1 is 1.19 bits per heavy atom. The SMILES string of the molecule is O=C(CCOC1CCOCC1)N1CCC(Cc2nc3ccccc3[nH]2)CC1. The zero-order valence-corrected chi connectivity index (χ0v) is 15.9. The number of piperidine rings is 1. The van der Waals surface area contributed by atoms with Gasteiger partial charge in [-0.1, -0.05) is 12.1 Å². The van der Waals surface area contributed by atoms with Crippen LogP contribution in [0, 0.1) is 5.92 Å². The number of imidazole rings is 1. The average Bonchev–Trinajstić information content (AvgIpc) is 3.11. The highest BCUT2D eigenvalue weighted by atomic mass is 16.5. The maximum absolute atomic E-state index is 12.4. The monoisotopic (exact) mass is 371 g/mol. The summed E-state index contributed by atoms with van der Waals surface area (Å²) in [6, 6.07) is 8.15. The Labute approximate surface area is 160 Å². The Hall–Kier alpha value is -1.92. The van der Waals surface area contributed by atoms with Crippen molar-refractivity contribution < 1.29 is 14.3 Å². The number of amides is 1. The van der Waals surface area contributed by atoms with Gasteiger partial charge in [0.2, 0.25) is 5.91 Å². The molecule has 1 aromatic carbocycles. The van der Waals surface area contributed by atoms with Crippen LogP contribution >= 0.6 is 0 Å². The van der Waals surface area contributed by atoms with Crippen LogP contribution in [0.5, 0.6) is 0 Å². The van der Waals surface area contributed by atoms with Gasteiger partial charge in [-0.3, -0.25) is 4.79 Å². The van der Waals surface area contributed by atoms with Crippen LogP contribution in [-0.2, 0) is 20.7 Å². The minimum atomic E-state index is 0.226. The van der Waals surface area contributed by atoms with E-state index in [9.17, 15) is 4.79 Å². The summed E-state index contributed by atoms with van der Waals surface area (Å²) in [4.78, 5) is 22.5. The Bertz CT molecular complexity index is 713. The number of benzene rings is 1. The zero-order valence-electron chi connectivity index (χ0n) is 15.9. The lowest BCUT2D eigenvalue weighted by atomic mass is 9.93. The summed E-state index contributed by atoms with van der Waals surface area (Å²) in [6.07, 6.45) is 5.70. The predicted molar refractivity (Wildman–Crippen MR) is 104 cm³/mol. The van der Waals surface area contributed by atoms with E-state index in [1.807, 2.05) is 23.1 Å². The van der Waals surface area contributed by atoms with Gasteiger partial charge in [0.15, 0.2) is 0 Å². The van der Waals surface area contributed by atoms with Crippen LogP contribution in [0.3, 0.4) is 0 Å². The molecule has 0 saturated carbocycles. The van der Waals surface area contributed by atoms with E-state index in [4.69, 9.17) is 9.47 Å². The molecule has 27 heavy (non-hydrogen) atoms. The maximum Gasteiger partial charge on any atom is 0.224 e. The first-order valence-electron chi connectivity index (χ1n) is 10.2. The molecule has 6 nitrogen and oxygen atoms in total. The molecule has 2 saturated heterocycles. The van der Waals surface area contributed by atoms with Crippen molar-refractivity contribution in [2.45, 2.75) is 44.6 Å². The molecule has 0 bridgehead atoms. The number of para-hydroxylation sites is 2. The van der Waals surface area contributed by atoms with Crippen molar-refractivity contribution >= 4 is 16.9 Å². The normalized spacial score (nSPS) is 19.6. The molecule has 0 spiro atoms. The molecule has 2 fully saturated rings. The van der Waals surface area contributed by atoms with Gasteiger partial charge in [-0.15, -0.1) is 0 Å². The summed E-state index contributed by atoms with van der Waals surface area (Å²) in [6.45, 7) is 3.78. The quantitative estimate of drug-likeness (QED) is 0.848. The fourth-order valence-electron chi connectivity index (χ4n) is 4.08. The molecule has 4 rings (SSSR count). The average molecular weight is 371 g/mol. The number of likely N-dealkylation sites (tertiary alicyclic amines) is 1. The molecule has 6 heteroatoms. The standard InChI is InChI=1S/C21H29N3O3/c25-21(9-14-27-17-7-12-26-13-8-17)24-10-5-16(6-11-24)15-20-22-18-3-1-2-4-19(18)23-20/h1-4,16-17H,5-15H2,(H,22,23). The predicted octanol–water partition coefficient (Wildman–Crippen LogP) is 2.93. The highest BCUT2D eigenvalue weighted by Crippen LogP contribution is 2.22. The molecule has 0 atom stereocenters. The second kappa shape index (κ2) is 8.85. The number of nitrogens with one attached hydrogen (secondary N) is 1. The van der Waals surface area contributed by atoms with Gasteiger partial charge >= 0.3 is 0 Å². The molecular weight excluding hydrogens is 342 g/mol. The number of hydrogen-bond donors (Lipinski definition) is 1. The molecule has 0 unspecified atom stereocenters. The minimum absolute atomic E-state index is 0.226. The molecule has 0 aliphatic carbocycles. The van der Waals surface area contributed by atoms with E-state index in [0.717, 1.165) is 75.3 Å². The van der Waals surface area contributed by atoms with Gasteiger partial charge in [-0.2, -0.15) is 0 Å². The van der Waals surface area contributed by atoms with E-state index in [1.165, 1.54) is 0 Å². The van der Waals surface area contributed by atoms with E-state index in [0.29, 0.717) is 18.9 Å². The lowest BCUT2D eigenvalue weighted by molar-refractivity contribution is -0.134. The fraction of sp³-hybridized carbons (Fsp3) is 0.619. The van der Waals surface area contributed by atoms with Gasteiger partial charge in [0.1, 0.15) is 5.82 Å². The van der Waals surface area contributed by atoms with Crippen LogP contribution in [-0.4, -0.2) is 59.8 Å². The highest BCUT2D eigenvalue weighted by Gasteiger charge is 2.24. The van der Waals surface area contributed by atoms with Crippen molar-refractivity contribution in [2.75, 3.05) is 32.9 Å². The molecule has 2 aliphatic rings. The molecule has 2 aliphatic heterocycles. The smallest absolute Gasteiger partial charge is 0.224 e. The molecule has 0 radical (unpaired) electrons. The second-order valence-electron chi connectivity index (χ2n) is 7.66. The van der Waals surface area contributed by atoms with Crippen molar-refractivity contribution in [1.82, 2.24) is 14.9 Å². The van der Waals surface area contributed by atoms with Gasteiger partial charge in [-0.25, -0.2) is 4.98 Å². The van der Waals surface area contributed by atoms with Gasteiger partial charge in [0.05, 0.1) is 30.2 Å². The lowest BCUT2D eigenvalue weighted by Crippen LogP contribution is -2.39. The number of aromatic nitrogens is 2. The number of ether oxygens (including phenoxy) is 2. The van der Waals surface area contributed by atoms with E-state index >= 15 is 0 Å². The van der Waals surface area contributed by atoms with Crippen molar-refractivity contribution in [3.05, 3.63) is 30.1 Å². The summed E-state index contributed by atoms with van der Waals surface area (Å²) in [5.41, 5.74) is 2.13. The third kappa shape index (κ3) is 4.87. The number of H-pyrrole nitrogens is 1. The molecule has 146 valence electrons. The summed E-state index contributed by atoms with van der Waals surface area (Å²) in [7, 11) is 0. The maximum atomic E-state index is 12.4. The van der Waals surface area contributed by atoms with Crippen LogP contribution in [0.2, 0.25) is 0 Å². The largest absolute Gasteiger partial charge is 0.381 e. The number of fused-ring (bicyclic) bond motifs is 1. The molecule has 1 amide bonds. The van der Waals surface area contributed by atoms with Crippen molar-refractivity contribution in [2.24, 2.45) is 5.92 Å². The molecular formula is C21H29N3O3. The number of rotatable bonds is 6. The summed E-state index contributed by atoms with van der Waals surface area (Å²) >= 11 is 0. The van der Waals surface area contributed by atoms with E-state index in [-0.39, 0.29) is 12.0 Å². The van der Waals surface area contributed by atoms with Crippen molar-refractivity contribution in [1.29, 1.82) is 0 Å². The van der Waals surface area contributed by atoms with E-state index < -0.39 is 0 Å².